The molecule has 9 heteroatoms. The zero-order valence-electron chi connectivity index (χ0n) is 15.3. The Kier molecular flexibility index (Phi) is 5.27. The van der Waals surface area contributed by atoms with Crippen LogP contribution in [0.5, 0.6) is 11.5 Å². The number of rotatable bonds is 4. The monoisotopic (exact) mass is 406 g/mol. The van der Waals surface area contributed by atoms with Crippen LogP contribution in [-0.4, -0.2) is 51.6 Å². The summed E-state index contributed by atoms with van der Waals surface area (Å²) in [6.07, 6.45) is 3.56. The van der Waals surface area contributed by atoms with E-state index in [1.165, 1.54) is 18.4 Å². The van der Waals surface area contributed by atoms with Gasteiger partial charge >= 0.3 is 0 Å². The molecule has 1 saturated heterocycles. The van der Waals surface area contributed by atoms with Crippen LogP contribution in [0.25, 0.3) is 0 Å². The minimum atomic E-state index is -3.76. The largest absolute Gasteiger partial charge is 0.490 e. The maximum Gasteiger partial charge on any atom is 0.289 e. The molecule has 0 spiro atoms. The van der Waals surface area contributed by atoms with Crippen LogP contribution in [0, 0.1) is 0 Å². The molecule has 1 fully saturated rings. The zero-order valence-corrected chi connectivity index (χ0v) is 16.1. The first-order chi connectivity index (χ1) is 13.5. The lowest BCUT2D eigenvalue weighted by Gasteiger charge is -2.32. The van der Waals surface area contributed by atoms with Crippen LogP contribution in [0.3, 0.4) is 0 Å². The van der Waals surface area contributed by atoms with Gasteiger partial charge in [0.2, 0.25) is 10.0 Å². The van der Waals surface area contributed by atoms with Crippen molar-refractivity contribution in [3.05, 3.63) is 42.4 Å². The highest BCUT2D eigenvalue weighted by Gasteiger charge is 2.29. The van der Waals surface area contributed by atoms with Gasteiger partial charge in [-0.15, -0.1) is 0 Å². The molecule has 3 heterocycles. The number of carbonyl (C=O) groups is 1. The van der Waals surface area contributed by atoms with Crippen molar-refractivity contribution in [3.8, 4) is 11.5 Å². The average Bonchev–Trinajstić information content (AvgIpc) is 3.12. The summed E-state index contributed by atoms with van der Waals surface area (Å²) >= 11 is 0. The summed E-state index contributed by atoms with van der Waals surface area (Å²) in [5, 5.41) is 0. The lowest BCUT2D eigenvalue weighted by atomic mass is 10.1. The Morgan fingerprint density at radius 1 is 1.11 bits per heavy atom. The summed E-state index contributed by atoms with van der Waals surface area (Å²) in [7, 11) is -3.76. The minimum absolute atomic E-state index is 0.117. The summed E-state index contributed by atoms with van der Waals surface area (Å²) in [4.78, 5) is 14.2. The number of carbonyl (C=O) groups excluding carboxylic acids is 1. The molecule has 0 aliphatic carbocycles. The fourth-order valence-electron chi connectivity index (χ4n) is 3.41. The van der Waals surface area contributed by atoms with Crippen molar-refractivity contribution in [2.75, 3.05) is 26.3 Å². The topological polar surface area (TPSA) is 98.1 Å². The normalized spacial score (nSPS) is 19.9. The molecule has 2 aromatic rings. The third kappa shape index (κ3) is 4.00. The van der Waals surface area contributed by atoms with Gasteiger partial charge in [0.25, 0.3) is 5.91 Å². The molecule has 1 N–H and O–H groups in total. The lowest BCUT2D eigenvalue weighted by Crippen LogP contribution is -2.49. The minimum Gasteiger partial charge on any atom is -0.490 e. The Hall–Kier alpha value is -2.52. The molecule has 1 unspecified atom stereocenters. The van der Waals surface area contributed by atoms with Gasteiger partial charge in [-0.1, -0.05) is 0 Å². The quantitative estimate of drug-likeness (QED) is 0.834. The molecule has 0 saturated carbocycles. The predicted octanol–water partition coefficient (Wildman–Crippen LogP) is 2.02. The van der Waals surface area contributed by atoms with Crippen molar-refractivity contribution in [2.24, 2.45) is 0 Å². The maximum atomic E-state index is 12.8. The fraction of sp³-hybridized carbons (Fsp3) is 0.421. The van der Waals surface area contributed by atoms with Gasteiger partial charge in [0, 0.05) is 31.6 Å². The predicted molar refractivity (Wildman–Crippen MR) is 100 cm³/mol. The van der Waals surface area contributed by atoms with Gasteiger partial charge in [-0.05, 0) is 37.1 Å². The number of furan rings is 1. The van der Waals surface area contributed by atoms with Gasteiger partial charge in [-0.2, -0.15) is 0 Å². The Balaban J connectivity index is 1.47. The number of ether oxygens (including phenoxy) is 2. The van der Waals surface area contributed by atoms with Crippen molar-refractivity contribution in [1.29, 1.82) is 0 Å². The zero-order chi connectivity index (χ0) is 19.6. The number of nitrogens with one attached hydrogen (secondary N) is 1. The van der Waals surface area contributed by atoms with Gasteiger partial charge in [0.15, 0.2) is 17.3 Å². The molecule has 0 radical (unpaired) electrons. The summed E-state index contributed by atoms with van der Waals surface area (Å²) in [5.74, 6) is 0.999. The third-order valence-corrected chi connectivity index (χ3v) is 6.31. The van der Waals surface area contributed by atoms with E-state index in [4.69, 9.17) is 13.9 Å². The molecule has 150 valence electrons. The smallest absolute Gasteiger partial charge is 0.289 e. The summed E-state index contributed by atoms with van der Waals surface area (Å²) in [6.45, 7) is 1.89. The molecule has 28 heavy (non-hydrogen) atoms. The number of likely N-dealkylation sites (tertiary alicyclic amines) is 1. The molecule has 1 aromatic heterocycles. The number of hydrogen-bond acceptors (Lipinski definition) is 6. The number of nitrogens with zero attached hydrogens (tertiary/aromatic N) is 1. The van der Waals surface area contributed by atoms with Crippen molar-refractivity contribution < 1.29 is 27.1 Å². The Bertz CT molecular complexity index is 941. The van der Waals surface area contributed by atoms with Crippen LogP contribution in [-0.2, 0) is 10.0 Å². The second kappa shape index (κ2) is 7.84. The van der Waals surface area contributed by atoms with Crippen LogP contribution in [0.4, 0.5) is 0 Å². The van der Waals surface area contributed by atoms with Crippen molar-refractivity contribution in [1.82, 2.24) is 9.62 Å². The first-order valence-electron chi connectivity index (χ1n) is 9.28. The Morgan fingerprint density at radius 2 is 1.93 bits per heavy atom. The number of hydrogen-bond donors (Lipinski definition) is 1. The SMILES string of the molecule is O=C(c1ccco1)N1CCCC(NS(=O)(=O)c2ccc3c(c2)OCCCO3)C1. The van der Waals surface area contributed by atoms with E-state index >= 15 is 0 Å². The summed E-state index contributed by atoms with van der Waals surface area (Å²) in [5.41, 5.74) is 0. The van der Waals surface area contributed by atoms with Gasteiger partial charge in [0.05, 0.1) is 24.4 Å². The van der Waals surface area contributed by atoms with Crippen LogP contribution in [0.2, 0.25) is 0 Å². The molecular weight excluding hydrogens is 384 g/mol. The van der Waals surface area contributed by atoms with Gasteiger partial charge in [0.1, 0.15) is 0 Å². The van der Waals surface area contributed by atoms with Crippen molar-refractivity contribution >= 4 is 15.9 Å². The molecule has 1 aromatic carbocycles. The lowest BCUT2D eigenvalue weighted by molar-refractivity contribution is 0.0671. The van der Waals surface area contributed by atoms with Crippen molar-refractivity contribution in [2.45, 2.75) is 30.2 Å². The number of sulfonamides is 1. The molecule has 0 bridgehead atoms. The van der Waals surface area contributed by atoms with Gasteiger partial charge in [-0.3, -0.25) is 4.79 Å². The maximum absolute atomic E-state index is 12.8. The van der Waals surface area contributed by atoms with E-state index in [1.54, 1.807) is 23.1 Å². The molecule has 8 nitrogen and oxygen atoms in total. The molecule has 2 aliphatic heterocycles. The highest BCUT2D eigenvalue weighted by atomic mass is 32.2. The van der Waals surface area contributed by atoms with Gasteiger partial charge < -0.3 is 18.8 Å². The molecule has 2 aliphatic rings. The highest BCUT2D eigenvalue weighted by Crippen LogP contribution is 2.32. The Morgan fingerprint density at radius 3 is 2.71 bits per heavy atom. The molecule has 4 rings (SSSR count). The average molecular weight is 406 g/mol. The van der Waals surface area contributed by atoms with E-state index < -0.39 is 10.0 Å². The Labute approximate surface area is 163 Å². The first-order valence-corrected chi connectivity index (χ1v) is 10.8. The number of benzene rings is 1. The number of amides is 1. The third-order valence-electron chi connectivity index (χ3n) is 4.79. The van der Waals surface area contributed by atoms with E-state index in [2.05, 4.69) is 4.72 Å². The van der Waals surface area contributed by atoms with E-state index in [-0.39, 0.29) is 22.6 Å². The fourth-order valence-corrected chi connectivity index (χ4v) is 4.69. The molecule has 1 atom stereocenters. The molecule has 1 amide bonds. The second-order valence-electron chi connectivity index (χ2n) is 6.85. The second-order valence-corrected chi connectivity index (χ2v) is 8.56. The summed E-state index contributed by atoms with van der Waals surface area (Å²) < 4.78 is 44.7. The molecular formula is C19H22N2O6S. The van der Waals surface area contributed by atoms with Crippen molar-refractivity contribution in [3.63, 3.8) is 0 Å². The van der Waals surface area contributed by atoms with E-state index in [9.17, 15) is 13.2 Å². The van der Waals surface area contributed by atoms with E-state index in [0.717, 1.165) is 6.42 Å². The van der Waals surface area contributed by atoms with Crippen LogP contribution in [0.15, 0.2) is 45.9 Å². The summed E-state index contributed by atoms with van der Waals surface area (Å²) in [6, 6.07) is 7.49. The van der Waals surface area contributed by atoms with E-state index in [1.807, 2.05) is 0 Å². The number of fused-ring (bicyclic) bond motifs is 1. The van der Waals surface area contributed by atoms with Crippen LogP contribution < -0.4 is 14.2 Å². The number of piperidine rings is 1. The van der Waals surface area contributed by atoms with Crippen LogP contribution >= 0.6 is 0 Å². The van der Waals surface area contributed by atoms with Gasteiger partial charge in [-0.25, -0.2) is 13.1 Å². The van der Waals surface area contributed by atoms with E-state index in [0.29, 0.717) is 50.6 Å². The first kappa shape index (κ1) is 18.8. The standard InChI is InChI=1S/C19H22N2O6S/c22-19(17-5-2-9-26-17)21-8-1-4-14(13-21)20-28(23,24)15-6-7-16-18(12-15)27-11-3-10-25-16/h2,5-7,9,12,14,20H,1,3-4,8,10-11,13H2. The van der Waals surface area contributed by atoms with Crippen LogP contribution in [0.1, 0.15) is 29.8 Å². The highest BCUT2D eigenvalue weighted by molar-refractivity contribution is 7.89.